The van der Waals surface area contributed by atoms with Gasteiger partial charge in [0.15, 0.2) is 0 Å². The third-order valence-corrected chi connectivity index (χ3v) is 3.39. The summed E-state index contributed by atoms with van der Waals surface area (Å²) in [7, 11) is 0. The molecule has 0 aliphatic heterocycles. The Morgan fingerprint density at radius 3 is 1.87 bits per heavy atom. The molecule has 0 amide bonds. The van der Waals surface area contributed by atoms with Gasteiger partial charge >= 0.3 is 0 Å². The van der Waals surface area contributed by atoms with Gasteiger partial charge in [-0.25, -0.2) is 5.21 Å². The molecule has 0 heterocycles. The van der Waals surface area contributed by atoms with E-state index in [1.165, 1.54) is 25.7 Å². The van der Waals surface area contributed by atoms with Crippen LogP contribution in [0.5, 0.6) is 0 Å². The second-order valence-electron chi connectivity index (χ2n) is 4.18. The zero-order valence-corrected chi connectivity index (χ0v) is 11.6. The van der Waals surface area contributed by atoms with Crippen LogP contribution >= 0.6 is 0 Å². The van der Waals surface area contributed by atoms with Gasteiger partial charge in [0, 0.05) is 6.42 Å². The molecule has 0 rings (SSSR count). The Bertz CT molecular complexity index is 138. The Hall–Kier alpha value is 0.210. The fraction of sp³-hybridized carbons (Fsp3) is 1.00. The number of halogens is 1. The molecule has 1 unspecified atom stereocenters. The van der Waals surface area contributed by atoms with Crippen molar-refractivity contribution >= 4 is 0 Å². The van der Waals surface area contributed by atoms with Gasteiger partial charge in [-0.2, -0.15) is 4.65 Å². The average Bonchev–Trinajstić information content (AvgIpc) is 2.23. The first-order valence-electron chi connectivity index (χ1n) is 6.24. The number of nitrogens with zero attached hydrogens (tertiary/aromatic N) is 1. The first-order chi connectivity index (χ1) is 6.64. The van der Waals surface area contributed by atoms with E-state index < -0.39 is 0 Å². The van der Waals surface area contributed by atoms with Crippen LogP contribution in [0.3, 0.4) is 0 Å². The number of rotatable bonds is 8. The minimum atomic E-state index is 0. The van der Waals surface area contributed by atoms with E-state index in [0.29, 0.717) is 6.04 Å². The number of unbranched alkanes of at least 4 members (excludes halogenated alkanes) is 2. The molecule has 1 atom stereocenters. The maximum atomic E-state index is 10.3. The lowest BCUT2D eigenvalue weighted by molar-refractivity contribution is -1.12. The van der Waals surface area contributed by atoms with Gasteiger partial charge in [-0.15, -0.1) is 0 Å². The molecule has 0 aromatic rings. The molecule has 15 heavy (non-hydrogen) atoms. The van der Waals surface area contributed by atoms with Gasteiger partial charge in [0.25, 0.3) is 0 Å². The smallest absolute Gasteiger partial charge is 0.119 e. The Morgan fingerprint density at radius 2 is 1.53 bits per heavy atom. The summed E-state index contributed by atoms with van der Waals surface area (Å²) in [6.45, 7) is 10.2. The van der Waals surface area contributed by atoms with Crippen molar-refractivity contribution in [2.75, 3.05) is 13.1 Å². The molecule has 0 bridgehead atoms. The van der Waals surface area contributed by atoms with Crippen molar-refractivity contribution in [3.05, 3.63) is 0 Å². The fourth-order valence-corrected chi connectivity index (χ4v) is 2.15. The van der Waals surface area contributed by atoms with Gasteiger partial charge in [0.2, 0.25) is 0 Å². The molecular weight excluding hydrogens is 210 g/mol. The molecule has 0 aromatic heterocycles. The van der Waals surface area contributed by atoms with E-state index in [0.717, 1.165) is 19.5 Å². The van der Waals surface area contributed by atoms with Crippen molar-refractivity contribution in [2.24, 2.45) is 0 Å². The van der Waals surface area contributed by atoms with Crippen molar-refractivity contribution in [3.63, 3.8) is 0 Å². The molecule has 1 N–H and O–H groups in total. The molecule has 0 radical (unpaired) electrons. The molecule has 94 valence electrons. The van der Waals surface area contributed by atoms with E-state index in [1.807, 2.05) is 0 Å². The lowest BCUT2D eigenvalue weighted by atomic mass is 10.0. The van der Waals surface area contributed by atoms with Gasteiger partial charge in [0.05, 0.1) is 0 Å². The summed E-state index contributed by atoms with van der Waals surface area (Å²) < 4.78 is 0.264. The normalized spacial score (nSPS) is 13.4. The summed E-state index contributed by atoms with van der Waals surface area (Å²) in [6, 6.07) is 0.441. The second kappa shape index (κ2) is 9.44. The number of quaternary nitrogens is 1. The fourth-order valence-electron chi connectivity index (χ4n) is 2.15. The third kappa shape index (κ3) is 5.74. The largest absolute Gasteiger partial charge is 1.00 e. The van der Waals surface area contributed by atoms with Crippen LogP contribution in [0.4, 0.5) is 0 Å². The minimum Gasteiger partial charge on any atom is -1.00 e. The van der Waals surface area contributed by atoms with E-state index in [4.69, 9.17) is 0 Å². The first-order valence-corrected chi connectivity index (χ1v) is 6.24. The van der Waals surface area contributed by atoms with Crippen LogP contribution in [0.25, 0.3) is 0 Å². The molecular formula is C12H28ClNO. The van der Waals surface area contributed by atoms with E-state index in [1.54, 1.807) is 0 Å². The SMILES string of the molecule is CCCCCC(CC)[N+](O)(CC)CC.[Cl-]. The maximum absolute atomic E-state index is 10.3. The van der Waals surface area contributed by atoms with Gasteiger partial charge in [-0.05, 0) is 26.7 Å². The molecule has 0 saturated carbocycles. The Morgan fingerprint density at radius 1 is 1.00 bits per heavy atom. The average molecular weight is 238 g/mol. The summed E-state index contributed by atoms with van der Waals surface area (Å²) in [5.41, 5.74) is 0. The van der Waals surface area contributed by atoms with Gasteiger partial charge in [-0.3, -0.25) is 0 Å². The highest BCUT2D eigenvalue weighted by molar-refractivity contribution is 4.55. The first kappa shape index (κ1) is 17.6. The number of hydroxylamine groups is 3. The van der Waals surface area contributed by atoms with Crippen LogP contribution < -0.4 is 12.4 Å². The topological polar surface area (TPSA) is 20.2 Å². The van der Waals surface area contributed by atoms with Crippen LogP contribution in [0.1, 0.15) is 59.8 Å². The van der Waals surface area contributed by atoms with Crippen molar-refractivity contribution in [1.82, 2.24) is 0 Å². The monoisotopic (exact) mass is 237 g/mol. The van der Waals surface area contributed by atoms with Crippen molar-refractivity contribution < 1.29 is 22.3 Å². The summed E-state index contributed by atoms with van der Waals surface area (Å²) in [4.78, 5) is 0. The van der Waals surface area contributed by atoms with Gasteiger partial charge in [0.1, 0.15) is 19.1 Å². The predicted octanol–water partition coefficient (Wildman–Crippen LogP) is 0.595. The van der Waals surface area contributed by atoms with Crippen LogP contribution in [0.2, 0.25) is 0 Å². The Labute approximate surface area is 102 Å². The summed E-state index contributed by atoms with van der Waals surface area (Å²) in [5.74, 6) is 0. The highest BCUT2D eigenvalue weighted by Crippen LogP contribution is 2.19. The van der Waals surface area contributed by atoms with Crippen LogP contribution in [0.15, 0.2) is 0 Å². The van der Waals surface area contributed by atoms with Gasteiger partial charge < -0.3 is 12.4 Å². The van der Waals surface area contributed by atoms with Crippen molar-refractivity contribution in [3.8, 4) is 0 Å². The standard InChI is InChI=1S/C12H28NO.ClH/c1-5-9-10-11-12(6-2)13(14,7-3)8-4;/h12,14H,5-11H2,1-4H3;1H/q+1;/p-1. The predicted molar refractivity (Wildman–Crippen MR) is 61.3 cm³/mol. The lowest BCUT2D eigenvalue weighted by Crippen LogP contribution is -3.00. The molecule has 0 fully saturated rings. The van der Waals surface area contributed by atoms with Crippen molar-refractivity contribution in [1.29, 1.82) is 0 Å². The number of hydrogen-bond acceptors (Lipinski definition) is 1. The highest BCUT2D eigenvalue weighted by atomic mass is 35.5. The number of hydrogen-bond donors (Lipinski definition) is 1. The quantitative estimate of drug-likeness (QED) is 0.372. The molecule has 0 aromatic carbocycles. The van der Waals surface area contributed by atoms with E-state index >= 15 is 0 Å². The van der Waals surface area contributed by atoms with E-state index in [9.17, 15) is 5.21 Å². The maximum Gasteiger partial charge on any atom is 0.119 e. The van der Waals surface area contributed by atoms with E-state index in [-0.39, 0.29) is 17.1 Å². The van der Waals surface area contributed by atoms with Crippen molar-refractivity contribution in [2.45, 2.75) is 65.8 Å². The highest BCUT2D eigenvalue weighted by Gasteiger charge is 2.30. The summed E-state index contributed by atoms with van der Waals surface area (Å²) in [6.07, 6.45) is 6.07. The molecule has 2 nitrogen and oxygen atoms in total. The zero-order chi connectivity index (χ0) is 11.0. The molecule has 0 saturated heterocycles. The van der Waals surface area contributed by atoms with Gasteiger partial charge in [-0.1, -0.05) is 26.7 Å². The second-order valence-corrected chi connectivity index (χ2v) is 4.18. The van der Waals surface area contributed by atoms with E-state index in [2.05, 4.69) is 27.7 Å². The van der Waals surface area contributed by atoms with Crippen LogP contribution in [0, 0.1) is 0 Å². The third-order valence-electron chi connectivity index (χ3n) is 3.39. The lowest BCUT2D eigenvalue weighted by Gasteiger charge is -2.35. The zero-order valence-electron chi connectivity index (χ0n) is 10.8. The molecule has 3 heteroatoms. The van der Waals surface area contributed by atoms with Crippen LogP contribution in [-0.4, -0.2) is 29.0 Å². The molecule has 0 spiro atoms. The molecule has 0 aliphatic rings. The Kier molecular flexibility index (Phi) is 11.1. The van der Waals surface area contributed by atoms with Crippen LogP contribution in [-0.2, 0) is 0 Å². The summed E-state index contributed by atoms with van der Waals surface area (Å²) >= 11 is 0. The summed E-state index contributed by atoms with van der Waals surface area (Å²) in [5, 5.41) is 10.3. The molecule has 0 aliphatic carbocycles. The Balaban J connectivity index is 0. The minimum absolute atomic E-state index is 0.